The summed E-state index contributed by atoms with van der Waals surface area (Å²) in [6.07, 6.45) is 4.48. The first-order valence-electron chi connectivity index (χ1n) is 10.4. The number of piperidine rings is 1. The Hall–Kier alpha value is -2.89. The molecule has 6 heteroatoms. The second-order valence-corrected chi connectivity index (χ2v) is 7.39. The molecule has 1 aliphatic heterocycles. The molecule has 1 fully saturated rings. The molecule has 154 valence electrons. The molecule has 0 atom stereocenters. The molecule has 1 saturated heterocycles. The summed E-state index contributed by atoms with van der Waals surface area (Å²) in [5, 5.41) is 6.15. The first kappa shape index (κ1) is 20.8. The minimum atomic E-state index is 0.136. The number of nitrogens with one attached hydrogen (secondary N) is 2. The Balaban J connectivity index is 1.64. The van der Waals surface area contributed by atoms with Crippen molar-refractivity contribution in [3.8, 4) is 11.3 Å². The summed E-state index contributed by atoms with van der Waals surface area (Å²) in [6, 6.07) is 14.4. The molecule has 0 radical (unpaired) electrons. The number of pyridine rings is 1. The van der Waals surface area contributed by atoms with E-state index in [2.05, 4.69) is 51.7 Å². The van der Waals surface area contributed by atoms with Gasteiger partial charge in [-0.2, -0.15) is 0 Å². The topological polar surface area (TPSA) is 69.6 Å². The fourth-order valence-electron chi connectivity index (χ4n) is 3.67. The summed E-state index contributed by atoms with van der Waals surface area (Å²) in [5.74, 6) is 1.55. The average molecular weight is 394 g/mol. The van der Waals surface area contributed by atoms with Gasteiger partial charge >= 0.3 is 0 Å². The predicted octanol–water partition coefficient (Wildman–Crippen LogP) is 3.06. The van der Waals surface area contributed by atoms with Crippen LogP contribution in [0, 0.1) is 5.92 Å². The molecule has 3 rings (SSSR count). The number of carbonyl (C=O) groups excluding carboxylic acids is 1. The molecule has 1 aromatic heterocycles. The summed E-state index contributed by atoms with van der Waals surface area (Å²) in [6.45, 7) is 5.42. The molecule has 2 N–H and O–H groups in total. The number of rotatable bonds is 6. The zero-order chi connectivity index (χ0) is 20.5. The zero-order valence-electron chi connectivity index (χ0n) is 17.4. The number of nitrogens with zero attached hydrogens (tertiary/aromatic N) is 3. The highest BCUT2D eigenvalue weighted by molar-refractivity contribution is 5.80. The number of hydrogen-bond acceptors (Lipinski definition) is 3. The maximum absolute atomic E-state index is 11.6. The van der Waals surface area contributed by atoms with E-state index in [4.69, 9.17) is 4.99 Å². The van der Waals surface area contributed by atoms with Crippen LogP contribution in [0.3, 0.4) is 0 Å². The summed E-state index contributed by atoms with van der Waals surface area (Å²) in [7, 11) is 1.70. The minimum Gasteiger partial charge on any atom is -0.359 e. The molecule has 1 amide bonds. The first-order chi connectivity index (χ1) is 14.2. The summed E-state index contributed by atoms with van der Waals surface area (Å²) in [5.41, 5.74) is 3.25. The molecule has 1 aliphatic rings. The van der Waals surface area contributed by atoms with Crippen molar-refractivity contribution in [2.45, 2.75) is 32.7 Å². The number of likely N-dealkylation sites (tertiary alicyclic amines) is 1. The van der Waals surface area contributed by atoms with Crippen LogP contribution in [0.4, 0.5) is 0 Å². The molecule has 0 aliphatic carbocycles. The number of aromatic nitrogens is 1. The van der Waals surface area contributed by atoms with Crippen LogP contribution in [0.1, 0.15) is 31.7 Å². The number of benzene rings is 1. The van der Waals surface area contributed by atoms with Crippen molar-refractivity contribution < 1.29 is 4.79 Å². The Bertz CT molecular complexity index is 813. The quantitative estimate of drug-likeness (QED) is 0.585. The highest BCUT2D eigenvalue weighted by atomic mass is 16.1. The van der Waals surface area contributed by atoms with Crippen molar-refractivity contribution in [3.05, 3.63) is 54.2 Å². The Morgan fingerprint density at radius 2 is 2.03 bits per heavy atom. The third-order valence-electron chi connectivity index (χ3n) is 5.30. The lowest BCUT2D eigenvalue weighted by Crippen LogP contribution is -2.46. The van der Waals surface area contributed by atoms with Gasteiger partial charge in [-0.1, -0.05) is 24.3 Å². The molecular formula is C23H31N5O. The van der Waals surface area contributed by atoms with Crippen LogP contribution in [-0.2, 0) is 11.3 Å². The minimum absolute atomic E-state index is 0.136. The van der Waals surface area contributed by atoms with Gasteiger partial charge in [-0.05, 0) is 49.4 Å². The van der Waals surface area contributed by atoms with E-state index in [1.807, 2.05) is 24.4 Å². The SMILES string of the molecule is CCNC(=NCc1cccc(-c2ccccn2)c1)N1CCC(CC(=O)NC)CC1. The zero-order valence-corrected chi connectivity index (χ0v) is 17.4. The third kappa shape index (κ3) is 6.04. The smallest absolute Gasteiger partial charge is 0.220 e. The summed E-state index contributed by atoms with van der Waals surface area (Å²) >= 11 is 0. The van der Waals surface area contributed by atoms with Crippen LogP contribution >= 0.6 is 0 Å². The van der Waals surface area contributed by atoms with Crippen LogP contribution < -0.4 is 10.6 Å². The lowest BCUT2D eigenvalue weighted by Gasteiger charge is -2.34. The van der Waals surface area contributed by atoms with Crippen LogP contribution in [-0.4, -0.2) is 48.4 Å². The number of aliphatic imine (C=N–C) groups is 1. The van der Waals surface area contributed by atoms with Crippen molar-refractivity contribution >= 4 is 11.9 Å². The molecule has 2 aromatic rings. The van der Waals surface area contributed by atoms with Gasteiger partial charge in [0, 0.05) is 44.9 Å². The van der Waals surface area contributed by atoms with Gasteiger partial charge in [0.05, 0.1) is 12.2 Å². The second kappa shape index (κ2) is 10.6. The van der Waals surface area contributed by atoms with Gasteiger partial charge in [0.2, 0.25) is 5.91 Å². The van der Waals surface area contributed by atoms with Crippen LogP contribution in [0.15, 0.2) is 53.7 Å². The van der Waals surface area contributed by atoms with E-state index in [1.54, 1.807) is 7.05 Å². The van der Waals surface area contributed by atoms with E-state index in [0.29, 0.717) is 18.9 Å². The van der Waals surface area contributed by atoms with Crippen molar-refractivity contribution in [2.75, 3.05) is 26.7 Å². The second-order valence-electron chi connectivity index (χ2n) is 7.39. The molecule has 1 aromatic carbocycles. The van der Waals surface area contributed by atoms with Crippen LogP contribution in [0.5, 0.6) is 0 Å². The van der Waals surface area contributed by atoms with Gasteiger partial charge in [0.1, 0.15) is 0 Å². The van der Waals surface area contributed by atoms with Crippen LogP contribution in [0.25, 0.3) is 11.3 Å². The van der Waals surface area contributed by atoms with Crippen molar-refractivity contribution in [1.82, 2.24) is 20.5 Å². The molecule has 6 nitrogen and oxygen atoms in total. The van der Waals surface area contributed by atoms with Gasteiger partial charge in [0.25, 0.3) is 0 Å². The van der Waals surface area contributed by atoms with Gasteiger partial charge in [-0.25, -0.2) is 4.99 Å². The molecule has 0 spiro atoms. The molecular weight excluding hydrogens is 362 g/mol. The Labute approximate surface area is 173 Å². The fourth-order valence-corrected chi connectivity index (χ4v) is 3.67. The standard InChI is InChI=1S/C23H31N5O/c1-3-25-23(28-13-10-18(11-14-28)16-22(29)24-2)27-17-19-7-6-8-20(15-19)21-9-4-5-12-26-21/h4-9,12,15,18H,3,10-11,13-14,16-17H2,1-2H3,(H,24,29)(H,25,27). The summed E-state index contributed by atoms with van der Waals surface area (Å²) < 4.78 is 0. The first-order valence-corrected chi connectivity index (χ1v) is 10.4. The van der Waals surface area contributed by atoms with E-state index in [1.165, 1.54) is 0 Å². The van der Waals surface area contributed by atoms with Crippen LogP contribution in [0.2, 0.25) is 0 Å². The molecule has 29 heavy (non-hydrogen) atoms. The molecule has 2 heterocycles. The average Bonchev–Trinajstić information content (AvgIpc) is 2.78. The Kier molecular flexibility index (Phi) is 7.61. The number of amides is 1. The van der Waals surface area contributed by atoms with Gasteiger partial charge < -0.3 is 15.5 Å². The van der Waals surface area contributed by atoms with E-state index in [0.717, 1.165) is 55.3 Å². The predicted molar refractivity (Wildman–Crippen MR) is 117 cm³/mol. The van der Waals surface area contributed by atoms with Crippen molar-refractivity contribution in [3.63, 3.8) is 0 Å². The van der Waals surface area contributed by atoms with Crippen molar-refractivity contribution in [1.29, 1.82) is 0 Å². The number of hydrogen-bond donors (Lipinski definition) is 2. The highest BCUT2D eigenvalue weighted by Crippen LogP contribution is 2.21. The normalized spacial score (nSPS) is 15.2. The Morgan fingerprint density at radius 1 is 1.21 bits per heavy atom. The molecule has 0 saturated carbocycles. The monoisotopic (exact) mass is 393 g/mol. The van der Waals surface area contributed by atoms with Gasteiger partial charge in [0.15, 0.2) is 5.96 Å². The third-order valence-corrected chi connectivity index (χ3v) is 5.30. The highest BCUT2D eigenvalue weighted by Gasteiger charge is 2.23. The lowest BCUT2D eigenvalue weighted by atomic mass is 9.93. The summed E-state index contributed by atoms with van der Waals surface area (Å²) in [4.78, 5) is 23.2. The van der Waals surface area contributed by atoms with E-state index < -0.39 is 0 Å². The van der Waals surface area contributed by atoms with Gasteiger partial charge in [-0.15, -0.1) is 0 Å². The largest absolute Gasteiger partial charge is 0.359 e. The Morgan fingerprint density at radius 3 is 2.72 bits per heavy atom. The maximum atomic E-state index is 11.6. The lowest BCUT2D eigenvalue weighted by molar-refractivity contribution is -0.121. The van der Waals surface area contributed by atoms with E-state index in [9.17, 15) is 4.79 Å². The van der Waals surface area contributed by atoms with Crippen molar-refractivity contribution in [2.24, 2.45) is 10.9 Å². The fraction of sp³-hybridized carbons (Fsp3) is 0.435. The number of carbonyl (C=O) groups is 1. The molecule has 0 unspecified atom stereocenters. The van der Waals surface area contributed by atoms with Gasteiger partial charge in [-0.3, -0.25) is 9.78 Å². The molecule has 0 bridgehead atoms. The number of guanidine groups is 1. The van der Waals surface area contributed by atoms with E-state index in [-0.39, 0.29) is 5.91 Å². The maximum Gasteiger partial charge on any atom is 0.220 e. The van der Waals surface area contributed by atoms with E-state index >= 15 is 0 Å².